The van der Waals surface area contributed by atoms with E-state index in [9.17, 15) is 4.79 Å². The summed E-state index contributed by atoms with van der Waals surface area (Å²) < 4.78 is 12.9. The highest BCUT2D eigenvalue weighted by Crippen LogP contribution is 2.21. The first-order valence-electron chi connectivity index (χ1n) is 9.39. The van der Waals surface area contributed by atoms with E-state index in [4.69, 9.17) is 9.26 Å². The summed E-state index contributed by atoms with van der Waals surface area (Å²) in [5.41, 5.74) is 3.75. The monoisotopic (exact) mass is 381 g/mol. The Morgan fingerprint density at radius 1 is 1.14 bits per heavy atom. The summed E-state index contributed by atoms with van der Waals surface area (Å²) >= 11 is 0. The van der Waals surface area contributed by atoms with Crippen LogP contribution in [0.5, 0.6) is 5.75 Å². The Kier molecular flexibility index (Phi) is 5.99. The maximum atomic E-state index is 12.8. The molecule has 0 aliphatic rings. The fourth-order valence-electron chi connectivity index (χ4n) is 3.22. The molecule has 3 aromatic rings. The molecule has 0 amide bonds. The molecular formula is C22H27N3O3. The second-order valence-electron chi connectivity index (χ2n) is 7.24. The van der Waals surface area contributed by atoms with Crippen LogP contribution in [0.3, 0.4) is 0 Å². The number of hydrogen-bond acceptors (Lipinski definition) is 5. The van der Waals surface area contributed by atoms with E-state index in [0.29, 0.717) is 31.1 Å². The van der Waals surface area contributed by atoms with Gasteiger partial charge in [0.05, 0.1) is 6.54 Å². The summed E-state index contributed by atoms with van der Waals surface area (Å²) in [6.07, 6.45) is 0. The van der Waals surface area contributed by atoms with Crippen molar-refractivity contribution in [1.29, 1.82) is 0 Å². The van der Waals surface area contributed by atoms with Crippen LogP contribution in [0.15, 0.2) is 40.9 Å². The van der Waals surface area contributed by atoms with Crippen molar-refractivity contribution in [1.82, 2.24) is 14.6 Å². The molecule has 0 saturated heterocycles. The number of rotatable bonds is 8. The SMILES string of the molecule is Cc1ccc(OCCN(C)CC(=O)c2cc(C)n(-c3cc(C)on3)c2C)cc1. The van der Waals surface area contributed by atoms with E-state index >= 15 is 0 Å². The van der Waals surface area contributed by atoms with Crippen LogP contribution in [-0.2, 0) is 0 Å². The third-order valence-corrected chi connectivity index (χ3v) is 4.75. The van der Waals surface area contributed by atoms with E-state index in [1.807, 2.05) is 80.6 Å². The molecule has 0 bridgehead atoms. The van der Waals surface area contributed by atoms with Gasteiger partial charge < -0.3 is 9.26 Å². The number of Topliss-reactive ketones (excluding diaryl/α,β-unsaturated/α-hetero) is 1. The second-order valence-corrected chi connectivity index (χ2v) is 7.24. The maximum Gasteiger partial charge on any atom is 0.180 e. The minimum absolute atomic E-state index is 0.0809. The number of benzene rings is 1. The third kappa shape index (κ3) is 4.51. The van der Waals surface area contributed by atoms with Gasteiger partial charge in [0, 0.05) is 29.6 Å². The topological polar surface area (TPSA) is 60.5 Å². The second kappa shape index (κ2) is 8.44. The molecule has 0 saturated carbocycles. The highest BCUT2D eigenvalue weighted by atomic mass is 16.5. The molecule has 0 unspecified atom stereocenters. The van der Waals surface area contributed by atoms with Gasteiger partial charge in [-0.3, -0.25) is 14.3 Å². The van der Waals surface area contributed by atoms with Crippen LogP contribution in [0.1, 0.15) is 33.1 Å². The molecular weight excluding hydrogens is 354 g/mol. The van der Waals surface area contributed by atoms with E-state index in [1.165, 1.54) is 5.56 Å². The normalized spacial score (nSPS) is 11.2. The Morgan fingerprint density at radius 3 is 2.50 bits per heavy atom. The van der Waals surface area contributed by atoms with Crippen molar-refractivity contribution in [2.24, 2.45) is 0 Å². The molecule has 2 aromatic heterocycles. The lowest BCUT2D eigenvalue weighted by molar-refractivity contribution is 0.0937. The lowest BCUT2D eigenvalue weighted by Crippen LogP contribution is -2.30. The van der Waals surface area contributed by atoms with Gasteiger partial charge in [-0.25, -0.2) is 0 Å². The third-order valence-electron chi connectivity index (χ3n) is 4.75. The van der Waals surface area contributed by atoms with E-state index < -0.39 is 0 Å². The first-order chi connectivity index (χ1) is 13.3. The van der Waals surface area contributed by atoms with Crippen LogP contribution in [0.25, 0.3) is 5.82 Å². The molecule has 3 rings (SSSR count). The molecule has 28 heavy (non-hydrogen) atoms. The van der Waals surface area contributed by atoms with Crippen molar-refractivity contribution < 1.29 is 14.1 Å². The van der Waals surface area contributed by atoms with Gasteiger partial charge in [0.1, 0.15) is 18.1 Å². The first-order valence-corrected chi connectivity index (χ1v) is 9.39. The highest BCUT2D eigenvalue weighted by molar-refractivity contribution is 5.99. The maximum absolute atomic E-state index is 12.8. The van der Waals surface area contributed by atoms with Crippen LogP contribution in [0.2, 0.25) is 0 Å². The lowest BCUT2D eigenvalue weighted by atomic mass is 10.1. The molecule has 0 N–H and O–H groups in total. The van der Waals surface area contributed by atoms with E-state index in [0.717, 1.165) is 22.9 Å². The van der Waals surface area contributed by atoms with Gasteiger partial charge in [-0.1, -0.05) is 22.9 Å². The van der Waals surface area contributed by atoms with Gasteiger partial charge in [-0.15, -0.1) is 0 Å². The number of aromatic nitrogens is 2. The van der Waals surface area contributed by atoms with Gasteiger partial charge in [-0.2, -0.15) is 0 Å². The van der Waals surface area contributed by atoms with Crippen LogP contribution in [-0.4, -0.2) is 47.2 Å². The number of carbonyl (C=O) groups is 1. The molecule has 0 atom stereocenters. The molecule has 6 nitrogen and oxygen atoms in total. The fraction of sp³-hybridized carbons (Fsp3) is 0.364. The zero-order chi connectivity index (χ0) is 20.3. The van der Waals surface area contributed by atoms with Crippen molar-refractivity contribution in [3.8, 4) is 11.6 Å². The van der Waals surface area contributed by atoms with Crippen molar-refractivity contribution >= 4 is 5.78 Å². The van der Waals surface area contributed by atoms with Crippen LogP contribution < -0.4 is 4.74 Å². The predicted molar refractivity (Wildman–Crippen MR) is 109 cm³/mol. The van der Waals surface area contributed by atoms with Crippen molar-refractivity contribution in [2.45, 2.75) is 27.7 Å². The molecule has 0 aliphatic heterocycles. The summed E-state index contributed by atoms with van der Waals surface area (Å²) in [6, 6.07) is 11.7. The molecule has 0 fully saturated rings. The summed E-state index contributed by atoms with van der Waals surface area (Å²) in [4.78, 5) is 14.8. The number of ketones is 1. The van der Waals surface area contributed by atoms with E-state index in [2.05, 4.69) is 5.16 Å². The zero-order valence-corrected chi connectivity index (χ0v) is 17.2. The molecule has 0 spiro atoms. The zero-order valence-electron chi connectivity index (χ0n) is 17.2. The van der Waals surface area contributed by atoms with Gasteiger partial charge in [0.15, 0.2) is 11.6 Å². The number of ether oxygens (including phenoxy) is 1. The fourth-order valence-corrected chi connectivity index (χ4v) is 3.22. The van der Waals surface area contributed by atoms with Crippen LogP contribution >= 0.6 is 0 Å². The minimum Gasteiger partial charge on any atom is -0.492 e. The summed E-state index contributed by atoms with van der Waals surface area (Å²) in [5.74, 6) is 2.37. The molecule has 6 heteroatoms. The standard InChI is InChI=1S/C22H27N3O3/c1-15-6-8-19(9-7-15)27-11-10-24(5)14-21(26)20-12-16(2)25(18(20)4)22-13-17(3)28-23-22/h6-9,12-13H,10-11,14H2,1-5H3. The number of likely N-dealkylation sites (N-methyl/N-ethyl adjacent to an activating group) is 1. The first kappa shape index (κ1) is 19.9. The summed E-state index contributed by atoms with van der Waals surface area (Å²) in [6.45, 7) is 9.33. The van der Waals surface area contributed by atoms with Crippen LogP contribution in [0.4, 0.5) is 0 Å². The largest absolute Gasteiger partial charge is 0.492 e. The van der Waals surface area contributed by atoms with Crippen molar-refractivity contribution in [3.63, 3.8) is 0 Å². The molecule has 2 heterocycles. The van der Waals surface area contributed by atoms with E-state index in [1.54, 1.807) is 0 Å². The highest BCUT2D eigenvalue weighted by Gasteiger charge is 2.19. The molecule has 1 aromatic carbocycles. The van der Waals surface area contributed by atoms with Crippen LogP contribution in [0, 0.1) is 27.7 Å². The quantitative estimate of drug-likeness (QED) is 0.554. The molecule has 0 radical (unpaired) electrons. The Labute approximate surface area is 165 Å². The van der Waals surface area contributed by atoms with Gasteiger partial charge in [-0.05, 0) is 52.9 Å². The lowest BCUT2D eigenvalue weighted by Gasteiger charge is -2.16. The molecule has 0 aliphatic carbocycles. The van der Waals surface area contributed by atoms with Gasteiger partial charge >= 0.3 is 0 Å². The smallest absolute Gasteiger partial charge is 0.180 e. The average Bonchev–Trinajstić information content (AvgIpc) is 3.19. The summed E-state index contributed by atoms with van der Waals surface area (Å²) in [5, 5.41) is 4.07. The Bertz CT molecular complexity index is 954. The average molecular weight is 381 g/mol. The number of hydrogen-bond donors (Lipinski definition) is 0. The summed E-state index contributed by atoms with van der Waals surface area (Å²) in [7, 11) is 1.93. The predicted octanol–water partition coefficient (Wildman–Crippen LogP) is 3.89. The number of aryl methyl sites for hydroxylation is 3. The number of carbonyl (C=O) groups excluding carboxylic acids is 1. The Balaban J connectivity index is 1.59. The molecule has 148 valence electrons. The van der Waals surface area contributed by atoms with E-state index in [-0.39, 0.29) is 5.78 Å². The van der Waals surface area contributed by atoms with Crippen molar-refractivity contribution in [3.05, 3.63) is 64.7 Å². The van der Waals surface area contributed by atoms with Gasteiger partial charge in [0.25, 0.3) is 0 Å². The minimum atomic E-state index is 0.0809. The van der Waals surface area contributed by atoms with Gasteiger partial charge in [0.2, 0.25) is 0 Å². The Hall–Kier alpha value is -2.86. The van der Waals surface area contributed by atoms with Crippen molar-refractivity contribution in [2.75, 3.05) is 26.7 Å². The Morgan fingerprint density at radius 2 is 1.86 bits per heavy atom. The number of nitrogens with zero attached hydrogens (tertiary/aromatic N) is 3.